The number of aliphatic carboxylic acids is 1. The molecular weight excluding hydrogens is 272 g/mol. The van der Waals surface area contributed by atoms with Crippen LogP contribution in [0.5, 0.6) is 0 Å². The molecule has 0 amide bonds. The molecule has 0 aliphatic rings. The molecule has 0 aliphatic heterocycles. The van der Waals surface area contributed by atoms with Crippen LogP contribution in [0.1, 0.15) is 104 Å². The Hall–Kier alpha value is -0.790. The van der Waals surface area contributed by atoms with Crippen molar-refractivity contribution < 1.29 is 9.90 Å². The van der Waals surface area contributed by atoms with Crippen LogP contribution in [0.2, 0.25) is 0 Å². The highest BCUT2D eigenvalue weighted by Crippen LogP contribution is 2.15. The third kappa shape index (κ3) is 14.2. The molecule has 0 aliphatic carbocycles. The first-order chi connectivity index (χ1) is 10.7. The largest absolute Gasteiger partial charge is 0.481 e. The van der Waals surface area contributed by atoms with E-state index >= 15 is 0 Å². The van der Waals surface area contributed by atoms with Crippen LogP contribution < -0.4 is 0 Å². The second-order valence-electron chi connectivity index (χ2n) is 6.46. The van der Waals surface area contributed by atoms with Crippen LogP contribution in [0.3, 0.4) is 0 Å². The number of carboxylic acid groups (broad SMARTS) is 1. The SMILES string of the molecule is CCCCCCCCC=CCCCCCCC(CC)C(=O)O. The van der Waals surface area contributed by atoms with E-state index in [0.29, 0.717) is 0 Å². The number of hydrogen-bond donors (Lipinski definition) is 1. The highest BCUT2D eigenvalue weighted by molar-refractivity contribution is 5.69. The molecule has 2 nitrogen and oxygen atoms in total. The first kappa shape index (κ1) is 21.2. The summed E-state index contributed by atoms with van der Waals surface area (Å²) in [6, 6.07) is 0. The number of carbonyl (C=O) groups is 1. The molecular formula is C20H38O2. The quantitative estimate of drug-likeness (QED) is 0.253. The van der Waals surface area contributed by atoms with Gasteiger partial charge in [-0.2, -0.15) is 0 Å². The predicted molar refractivity (Wildman–Crippen MR) is 96.3 cm³/mol. The van der Waals surface area contributed by atoms with Crippen molar-refractivity contribution in [2.45, 2.75) is 104 Å². The summed E-state index contributed by atoms with van der Waals surface area (Å²) in [4.78, 5) is 10.9. The van der Waals surface area contributed by atoms with Crippen molar-refractivity contribution >= 4 is 5.97 Å². The number of hydrogen-bond acceptors (Lipinski definition) is 1. The first-order valence-electron chi connectivity index (χ1n) is 9.60. The Bertz CT molecular complexity index is 271. The van der Waals surface area contributed by atoms with Crippen LogP contribution in [-0.2, 0) is 4.79 Å². The Kier molecular flexibility index (Phi) is 16.0. The Morgan fingerprint density at radius 3 is 1.82 bits per heavy atom. The standard InChI is InChI=1S/C20H38O2/c1-3-5-6-7-8-9-10-11-12-13-14-15-16-17-18-19(4-2)20(21)22/h11-12,19H,3-10,13-18H2,1-2H3,(H,21,22). The summed E-state index contributed by atoms with van der Waals surface area (Å²) in [7, 11) is 0. The molecule has 2 heteroatoms. The van der Waals surface area contributed by atoms with Gasteiger partial charge in [0.1, 0.15) is 0 Å². The van der Waals surface area contributed by atoms with Gasteiger partial charge in [0.15, 0.2) is 0 Å². The van der Waals surface area contributed by atoms with E-state index in [9.17, 15) is 4.79 Å². The van der Waals surface area contributed by atoms with Crippen molar-refractivity contribution in [3.05, 3.63) is 12.2 Å². The number of carboxylic acids is 1. The fourth-order valence-corrected chi connectivity index (χ4v) is 2.79. The highest BCUT2D eigenvalue weighted by Gasteiger charge is 2.13. The fourth-order valence-electron chi connectivity index (χ4n) is 2.79. The summed E-state index contributed by atoms with van der Waals surface area (Å²) in [5.74, 6) is -0.752. The molecule has 0 aromatic heterocycles. The smallest absolute Gasteiger partial charge is 0.306 e. The van der Waals surface area contributed by atoms with Gasteiger partial charge in [0.25, 0.3) is 0 Å². The predicted octanol–water partition coefficient (Wildman–Crippen LogP) is 6.74. The molecule has 0 aromatic rings. The molecule has 1 atom stereocenters. The second kappa shape index (κ2) is 16.6. The van der Waals surface area contributed by atoms with Crippen LogP contribution in [0.4, 0.5) is 0 Å². The maximum atomic E-state index is 10.9. The van der Waals surface area contributed by atoms with Crippen LogP contribution in [0.15, 0.2) is 12.2 Å². The molecule has 0 rings (SSSR count). The summed E-state index contributed by atoms with van der Waals surface area (Å²) in [5.41, 5.74) is 0. The number of rotatable bonds is 16. The summed E-state index contributed by atoms with van der Waals surface area (Å²) in [5, 5.41) is 8.97. The summed E-state index contributed by atoms with van der Waals surface area (Å²) < 4.78 is 0. The minimum Gasteiger partial charge on any atom is -0.481 e. The Balaban J connectivity index is 3.25. The molecule has 0 fully saturated rings. The van der Waals surface area contributed by atoms with E-state index in [1.165, 1.54) is 70.6 Å². The molecule has 22 heavy (non-hydrogen) atoms. The van der Waals surface area contributed by atoms with E-state index in [-0.39, 0.29) is 5.92 Å². The van der Waals surface area contributed by atoms with E-state index in [4.69, 9.17) is 5.11 Å². The van der Waals surface area contributed by atoms with Gasteiger partial charge in [0, 0.05) is 0 Å². The van der Waals surface area contributed by atoms with Crippen LogP contribution in [0.25, 0.3) is 0 Å². The lowest BCUT2D eigenvalue weighted by atomic mass is 9.98. The van der Waals surface area contributed by atoms with Crippen LogP contribution in [0, 0.1) is 5.92 Å². The zero-order chi connectivity index (χ0) is 16.5. The molecule has 0 radical (unpaired) electrons. The molecule has 0 bridgehead atoms. The molecule has 1 N–H and O–H groups in total. The summed E-state index contributed by atoms with van der Waals surface area (Å²) >= 11 is 0. The Morgan fingerprint density at radius 2 is 1.32 bits per heavy atom. The average Bonchev–Trinajstić information content (AvgIpc) is 2.51. The lowest BCUT2D eigenvalue weighted by Crippen LogP contribution is -2.12. The van der Waals surface area contributed by atoms with E-state index < -0.39 is 5.97 Å². The van der Waals surface area contributed by atoms with Crippen molar-refractivity contribution in [3.63, 3.8) is 0 Å². The molecule has 0 saturated carbocycles. The lowest BCUT2D eigenvalue weighted by molar-refractivity contribution is -0.142. The number of allylic oxidation sites excluding steroid dienone is 2. The summed E-state index contributed by atoms with van der Waals surface area (Å²) in [6.45, 7) is 4.23. The lowest BCUT2D eigenvalue weighted by Gasteiger charge is -2.08. The molecule has 0 heterocycles. The third-order valence-corrected chi connectivity index (χ3v) is 4.41. The molecule has 0 saturated heterocycles. The Labute approximate surface area is 138 Å². The van der Waals surface area contributed by atoms with E-state index in [2.05, 4.69) is 19.1 Å². The van der Waals surface area contributed by atoms with Crippen LogP contribution >= 0.6 is 0 Å². The topological polar surface area (TPSA) is 37.3 Å². The van der Waals surface area contributed by atoms with Gasteiger partial charge >= 0.3 is 5.97 Å². The van der Waals surface area contributed by atoms with Gasteiger partial charge in [-0.1, -0.05) is 77.4 Å². The van der Waals surface area contributed by atoms with E-state index in [1.807, 2.05) is 6.92 Å². The molecule has 130 valence electrons. The second-order valence-corrected chi connectivity index (χ2v) is 6.46. The van der Waals surface area contributed by atoms with Gasteiger partial charge in [-0.15, -0.1) is 0 Å². The van der Waals surface area contributed by atoms with Gasteiger partial charge in [-0.05, 0) is 38.5 Å². The van der Waals surface area contributed by atoms with Gasteiger partial charge in [-0.25, -0.2) is 0 Å². The zero-order valence-electron chi connectivity index (χ0n) is 15.0. The maximum absolute atomic E-state index is 10.9. The summed E-state index contributed by atoms with van der Waals surface area (Å²) in [6.07, 6.45) is 21.7. The molecule has 1 unspecified atom stereocenters. The van der Waals surface area contributed by atoms with Crippen molar-refractivity contribution in [1.29, 1.82) is 0 Å². The Morgan fingerprint density at radius 1 is 0.818 bits per heavy atom. The van der Waals surface area contributed by atoms with Crippen LogP contribution in [-0.4, -0.2) is 11.1 Å². The van der Waals surface area contributed by atoms with Gasteiger partial charge in [-0.3, -0.25) is 4.79 Å². The van der Waals surface area contributed by atoms with Gasteiger partial charge in [0.2, 0.25) is 0 Å². The van der Waals surface area contributed by atoms with Crippen molar-refractivity contribution in [2.24, 2.45) is 5.92 Å². The van der Waals surface area contributed by atoms with Crippen molar-refractivity contribution in [2.75, 3.05) is 0 Å². The van der Waals surface area contributed by atoms with Crippen molar-refractivity contribution in [3.8, 4) is 0 Å². The monoisotopic (exact) mass is 310 g/mol. The fraction of sp³-hybridized carbons (Fsp3) is 0.850. The average molecular weight is 311 g/mol. The van der Waals surface area contributed by atoms with E-state index in [0.717, 1.165) is 19.3 Å². The van der Waals surface area contributed by atoms with Crippen molar-refractivity contribution in [1.82, 2.24) is 0 Å². The molecule has 0 aromatic carbocycles. The minimum absolute atomic E-state index is 0.128. The normalized spacial score (nSPS) is 12.8. The number of unbranched alkanes of at least 4 members (excludes halogenated alkanes) is 10. The minimum atomic E-state index is -0.625. The van der Waals surface area contributed by atoms with Gasteiger partial charge < -0.3 is 5.11 Å². The highest BCUT2D eigenvalue weighted by atomic mass is 16.4. The third-order valence-electron chi connectivity index (χ3n) is 4.41. The first-order valence-corrected chi connectivity index (χ1v) is 9.60. The maximum Gasteiger partial charge on any atom is 0.306 e. The van der Waals surface area contributed by atoms with E-state index in [1.54, 1.807) is 0 Å². The van der Waals surface area contributed by atoms with Gasteiger partial charge in [0.05, 0.1) is 5.92 Å². The zero-order valence-corrected chi connectivity index (χ0v) is 15.0. The molecule has 0 spiro atoms.